The Bertz CT molecular complexity index is 409. The van der Waals surface area contributed by atoms with Gasteiger partial charge in [-0.1, -0.05) is 36.4 Å². The second-order valence-corrected chi connectivity index (χ2v) is 2.94. The van der Waals surface area contributed by atoms with Crippen LogP contribution in [-0.2, 0) is 0 Å². The number of nitrogens with one attached hydrogen (secondary N) is 2. The van der Waals surface area contributed by atoms with Gasteiger partial charge in [0.1, 0.15) is 0 Å². The van der Waals surface area contributed by atoms with Crippen molar-refractivity contribution in [1.82, 2.24) is 4.94 Å². The minimum absolute atomic E-state index is 0.980. The summed E-state index contributed by atoms with van der Waals surface area (Å²) in [6, 6.07) is 14.1. The van der Waals surface area contributed by atoms with E-state index in [0.717, 1.165) is 11.1 Å². The maximum absolute atomic E-state index is 5.38. The number of hydrogen-bond acceptors (Lipinski definition) is 2. The SMILES string of the molecule is ClNNc1cccc2ccccc12. The van der Waals surface area contributed by atoms with Gasteiger partial charge < -0.3 is 5.43 Å². The van der Waals surface area contributed by atoms with Crippen molar-refractivity contribution in [3.05, 3.63) is 42.5 Å². The Hall–Kier alpha value is -1.25. The Labute approximate surface area is 81.6 Å². The fraction of sp³-hybridized carbons (Fsp3) is 0. The average molecular weight is 193 g/mol. The minimum atomic E-state index is 0.980. The molecule has 13 heavy (non-hydrogen) atoms. The van der Waals surface area contributed by atoms with Gasteiger partial charge in [0.05, 0.1) is 5.69 Å². The molecule has 0 amide bonds. The maximum atomic E-state index is 5.38. The third kappa shape index (κ3) is 1.59. The van der Waals surface area contributed by atoms with Gasteiger partial charge in [0, 0.05) is 5.39 Å². The zero-order valence-corrected chi connectivity index (χ0v) is 7.68. The van der Waals surface area contributed by atoms with Gasteiger partial charge in [-0.15, -0.1) is 4.94 Å². The second kappa shape index (κ2) is 3.64. The molecule has 0 radical (unpaired) electrons. The van der Waals surface area contributed by atoms with E-state index in [1.165, 1.54) is 5.39 Å². The van der Waals surface area contributed by atoms with Crippen molar-refractivity contribution in [2.75, 3.05) is 5.43 Å². The fourth-order valence-corrected chi connectivity index (χ4v) is 1.49. The van der Waals surface area contributed by atoms with Crippen molar-refractivity contribution >= 4 is 28.2 Å². The Kier molecular flexibility index (Phi) is 2.34. The van der Waals surface area contributed by atoms with Crippen molar-refractivity contribution in [3.63, 3.8) is 0 Å². The highest BCUT2D eigenvalue weighted by molar-refractivity contribution is 6.14. The molecule has 0 saturated carbocycles. The highest BCUT2D eigenvalue weighted by atomic mass is 35.5. The van der Waals surface area contributed by atoms with Gasteiger partial charge in [0.15, 0.2) is 0 Å². The van der Waals surface area contributed by atoms with E-state index in [1.54, 1.807) is 0 Å². The summed E-state index contributed by atoms with van der Waals surface area (Å²) in [7, 11) is 0. The lowest BCUT2D eigenvalue weighted by atomic mass is 10.1. The van der Waals surface area contributed by atoms with E-state index in [0.29, 0.717) is 0 Å². The van der Waals surface area contributed by atoms with Crippen LogP contribution in [0.15, 0.2) is 42.5 Å². The van der Waals surface area contributed by atoms with Gasteiger partial charge in [-0.25, -0.2) is 0 Å². The van der Waals surface area contributed by atoms with Crippen LogP contribution in [0.25, 0.3) is 10.8 Å². The van der Waals surface area contributed by atoms with Gasteiger partial charge in [0.25, 0.3) is 0 Å². The third-order valence-corrected chi connectivity index (χ3v) is 2.07. The first-order valence-electron chi connectivity index (χ1n) is 4.01. The number of hydrogen-bond donors (Lipinski definition) is 2. The van der Waals surface area contributed by atoms with Crippen molar-refractivity contribution in [2.45, 2.75) is 0 Å². The van der Waals surface area contributed by atoms with Crippen molar-refractivity contribution in [3.8, 4) is 0 Å². The van der Waals surface area contributed by atoms with Crippen LogP contribution in [0.5, 0.6) is 0 Å². The maximum Gasteiger partial charge on any atom is 0.0578 e. The number of rotatable bonds is 2. The quantitative estimate of drug-likeness (QED) is 0.565. The monoisotopic (exact) mass is 192 g/mol. The van der Waals surface area contributed by atoms with E-state index in [1.807, 2.05) is 30.3 Å². The molecule has 3 heteroatoms. The molecule has 66 valence electrons. The summed E-state index contributed by atoms with van der Waals surface area (Å²) in [4.78, 5) is 2.40. The molecule has 0 atom stereocenters. The molecular formula is C10H9ClN2. The molecule has 2 N–H and O–H groups in total. The van der Waals surface area contributed by atoms with Crippen LogP contribution in [0, 0.1) is 0 Å². The number of halogens is 1. The van der Waals surface area contributed by atoms with Gasteiger partial charge >= 0.3 is 0 Å². The van der Waals surface area contributed by atoms with Crippen LogP contribution in [0.3, 0.4) is 0 Å². The molecule has 0 aromatic heterocycles. The van der Waals surface area contributed by atoms with Crippen LogP contribution in [0.1, 0.15) is 0 Å². The van der Waals surface area contributed by atoms with Gasteiger partial charge in [-0.3, -0.25) is 0 Å². The first-order valence-corrected chi connectivity index (χ1v) is 4.39. The summed E-state index contributed by atoms with van der Waals surface area (Å²) in [5, 5.41) is 2.34. The largest absolute Gasteiger partial charge is 0.307 e. The van der Waals surface area contributed by atoms with Crippen LogP contribution in [0.4, 0.5) is 5.69 Å². The molecule has 2 aromatic rings. The highest BCUT2D eigenvalue weighted by Gasteiger charge is 1.96. The molecule has 0 aliphatic carbocycles. The summed E-state index contributed by atoms with van der Waals surface area (Å²) < 4.78 is 0. The molecule has 0 bridgehead atoms. The summed E-state index contributed by atoms with van der Waals surface area (Å²) in [5.74, 6) is 0. The molecule has 0 unspecified atom stereocenters. The standard InChI is InChI=1S/C10H9ClN2/c11-13-12-10-7-3-5-8-4-1-2-6-9(8)10/h1-7,12-13H. The Balaban J connectivity index is 2.61. The topological polar surface area (TPSA) is 24.1 Å². The zero-order valence-electron chi connectivity index (χ0n) is 6.92. The van der Waals surface area contributed by atoms with Crippen molar-refractivity contribution < 1.29 is 0 Å². The van der Waals surface area contributed by atoms with E-state index in [4.69, 9.17) is 11.8 Å². The summed E-state index contributed by atoms with van der Waals surface area (Å²) >= 11 is 5.38. The Morgan fingerprint density at radius 1 is 0.923 bits per heavy atom. The van der Waals surface area contributed by atoms with Gasteiger partial charge in [0.2, 0.25) is 0 Å². The van der Waals surface area contributed by atoms with E-state index < -0.39 is 0 Å². The highest BCUT2D eigenvalue weighted by Crippen LogP contribution is 2.21. The Morgan fingerprint density at radius 2 is 1.69 bits per heavy atom. The van der Waals surface area contributed by atoms with Crippen LogP contribution in [0.2, 0.25) is 0 Å². The normalized spacial score (nSPS) is 10.2. The third-order valence-electron chi connectivity index (χ3n) is 1.97. The lowest BCUT2D eigenvalue weighted by Gasteiger charge is -2.06. The number of benzene rings is 2. The molecule has 2 aromatic carbocycles. The lowest BCUT2D eigenvalue weighted by molar-refractivity contribution is 1.21. The van der Waals surface area contributed by atoms with Crippen LogP contribution < -0.4 is 10.4 Å². The molecule has 0 heterocycles. The Morgan fingerprint density at radius 3 is 2.54 bits per heavy atom. The lowest BCUT2D eigenvalue weighted by Crippen LogP contribution is -2.08. The second-order valence-electron chi connectivity index (χ2n) is 2.75. The summed E-state index contributed by atoms with van der Waals surface area (Å²) in [5.41, 5.74) is 3.85. The molecule has 0 saturated heterocycles. The number of hydrazine groups is 1. The minimum Gasteiger partial charge on any atom is -0.307 e. The van der Waals surface area contributed by atoms with E-state index in [-0.39, 0.29) is 0 Å². The van der Waals surface area contributed by atoms with E-state index >= 15 is 0 Å². The summed E-state index contributed by atoms with van der Waals surface area (Å²) in [6.07, 6.45) is 0. The molecule has 2 rings (SSSR count). The predicted molar refractivity (Wildman–Crippen MR) is 56.6 cm³/mol. The fourth-order valence-electron chi connectivity index (χ4n) is 1.39. The molecule has 0 spiro atoms. The first kappa shape index (κ1) is 8.35. The van der Waals surface area contributed by atoms with Crippen molar-refractivity contribution in [2.24, 2.45) is 0 Å². The molecular weight excluding hydrogens is 184 g/mol. The van der Waals surface area contributed by atoms with Crippen LogP contribution in [-0.4, -0.2) is 0 Å². The van der Waals surface area contributed by atoms with Crippen LogP contribution >= 0.6 is 11.8 Å². The first-order chi connectivity index (χ1) is 6.42. The molecule has 2 nitrogen and oxygen atoms in total. The predicted octanol–water partition coefficient (Wildman–Crippen LogP) is 2.91. The molecule has 0 aliphatic rings. The number of fused-ring (bicyclic) bond motifs is 1. The van der Waals surface area contributed by atoms with Crippen molar-refractivity contribution in [1.29, 1.82) is 0 Å². The van der Waals surface area contributed by atoms with Gasteiger partial charge in [-0.2, -0.15) is 0 Å². The zero-order chi connectivity index (χ0) is 9.10. The molecule has 0 aliphatic heterocycles. The smallest absolute Gasteiger partial charge is 0.0578 e. The van der Waals surface area contributed by atoms with Gasteiger partial charge in [-0.05, 0) is 23.2 Å². The summed E-state index contributed by atoms with van der Waals surface area (Å²) in [6.45, 7) is 0. The molecule has 0 fully saturated rings. The average Bonchev–Trinajstić information content (AvgIpc) is 2.19. The van der Waals surface area contributed by atoms with E-state index in [9.17, 15) is 0 Å². The number of anilines is 1. The van der Waals surface area contributed by atoms with E-state index in [2.05, 4.69) is 22.5 Å².